The molecule has 4 heterocycles. The molecular formula is C37H53NO8. The van der Waals surface area contributed by atoms with E-state index in [1.54, 1.807) is 20.1 Å². The number of fused-ring (bicyclic) bond motifs is 2. The highest BCUT2D eigenvalue weighted by molar-refractivity contribution is 5.88. The summed E-state index contributed by atoms with van der Waals surface area (Å²) in [5, 5.41) is 27.6. The van der Waals surface area contributed by atoms with Crippen LogP contribution in [0, 0.1) is 23.7 Å². The van der Waals surface area contributed by atoms with Crippen LogP contribution in [-0.2, 0) is 28.6 Å². The van der Waals surface area contributed by atoms with Gasteiger partial charge in [0, 0.05) is 25.2 Å². The van der Waals surface area contributed by atoms with Crippen LogP contribution in [0.25, 0.3) is 0 Å². The molecule has 9 heteroatoms. The molecular weight excluding hydrogens is 586 g/mol. The van der Waals surface area contributed by atoms with Gasteiger partial charge in [-0.25, -0.2) is 0 Å². The second-order valence-corrected chi connectivity index (χ2v) is 14.5. The summed E-state index contributed by atoms with van der Waals surface area (Å²) in [7, 11) is 1.55. The zero-order valence-corrected chi connectivity index (χ0v) is 28.7. The third kappa shape index (κ3) is 6.99. The lowest BCUT2D eigenvalue weighted by Gasteiger charge is -2.50. The zero-order chi connectivity index (χ0) is 33.4. The van der Waals surface area contributed by atoms with Gasteiger partial charge < -0.3 is 34.0 Å². The van der Waals surface area contributed by atoms with Gasteiger partial charge in [0.2, 0.25) is 0 Å². The molecule has 0 radical (unpaired) electrons. The average molecular weight is 640 g/mol. The third-order valence-electron chi connectivity index (χ3n) is 10.1. The second-order valence-electron chi connectivity index (χ2n) is 14.5. The van der Waals surface area contributed by atoms with E-state index >= 15 is 0 Å². The van der Waals surface area contributed by atoms with Crippen LogP contribution in [0.5, 0.6) is 0 Å². The number of hydrogen-bond donors (Lipinski definition) is 2. The molecule has 1 spiro atoms. The fourth-order valence-electron chi connectivity index (χ4n) is 7.94. The molecule has 3 fully saturated rings. The van der Waals surface area contributed by atoms with E-state index in [9.17, 15) is 15.0 Å². The van der Waals surface area contributed by atoms with Crippen LogP contribution in [0.1, 0.15) is 80.6 Å². The van der Waals surface area contributed by atoms with Crippen molar-refractivity contribution in [3.05, 3.63) is 58.7 Å². The van der Waals surface area contributed by atoms with Crippen LogP contribution in [0.2, 0.25) is 0 Å². The Morgan fingerprint density at radius 3 is 2.67 bits per heavy atom. The Balaban J connectivity index is 1.55. The lowest BCUT2D eigenvalue weighted by molar-refractivity contribution is -0.313. The Morgan fingerprint density at radius 2 is 1.96 bits per heavy atom. The van der Waals surface area contributed by atoms with Crippen LogP contribution >= 0.6 is 0 Å². The average Bonchev–Trinajstić information content (AvgIpc) is 3.31. The van der Waals surface area contributed by atoms with Crippen molar-refractivity contribution in [2.24, 2.45) is 28.8 Å². The highest BCUT2D eigenvalue weighted by atomic mass is 16.7. The molecule has 10 atom stereocenters. The minimum Gasteiger partial charge on any atom is -0.462 e. The maximum atomic E-state index is 14.2. The van der Waals surface area contributed by atoms with Crippen LogP contribution in [-0.4, -0.2) is 77.5 Å². The number of hydrogen-bond acceptors (Lipinski definition) is 9. The lowest BCUT2D eigenvalue weighted by Crippen LogP contribution is -2.59. The van der Waals surface area contributed by atoms with E-state index in [1.807, 2.05) is 12.2 Å². The molecule has 254 valence electrons. The molecule has 1 aliphatic carbocycles. The number of ether oxygens (including phenoxy) is 4. The molecule has 5 rings (SSSR count). The number of nitrogens with zero attached hydrogens (tertiary/aromatic N) is 1. The number of allylic oxidation sites excluding steroid dienone is 5. The Hall–Kier alpha value is -2.56. The molecule has 0 aromatic carbocycles. The van der Waals surface area contributed by atoms with E-state index in [2.05, 4.69) is 64.9 Å². The van der Waals surface area contributed by atoms with Crippen LogP contribution < -0.4 is 0 Å². The summed E-state index contributed by atoms with van der Waals surface area (Å²) in [5.41, 5.74) is 2.54. The lowest BCUT2D eigenvalue weighted by atomic mass is 9.71. The predicted octanol–water partition coefficient (Wildman–Crippen LogP) is 5.73. The van der Waals surface area contributed by atoms with E-state index < -0.39 is 41.6 Å². The predicted molar refractivity (Wildman–Crippen MR) is 176 cm³/mol. The standard InChI is InChI=1S/C37H53NO8/c1-21(2)14-25(6)33-26(7)31(38-42-8)19-36(46-33)18-29-17-28(45-36)13-12-23(4)15-22(3)10-9-11-27-20-43-34-32(39)24(5)16-30(35(40)44-29)37(27,34)41/h9-12,14,16,21-22,26,28-30,32-34,39,41H,13,15,17-20H2,1-8H3/b10-9+,23-12+,25-14+,27-11+,38-31-. The summed E-state index contributed by atoms with van der Waals surface area (Å²) in [5.74, 6) is -2.15. The first-order chi connectivity index (χ1) is 21.8. The number of rotatable bonds is 3. The molecule has 4 aliphatic heterocycles. The molecule has 46 heavy (non-hydrogen) atoms. The smallest absolute Gasteiger partial charge is 0.316 e. The second kappa shape index (κ2) is 13.9. The van der Waals surface area contributed by atoms with Crippen molar-refractivity contribution in [1.82, 2.24) is 0 Å². The van der Waals surface area contributed by atoms with E-state index in [-0.39, 0.29) is 30.7 Å². The quantitative estimate of drug-likeness (QED) is 0.229. The summed E-state index contributed by atoms with van der Waals surface area (Å²) >= 11 is 0. The van der Waals surface area contributed by atoms with Crippen LogP contribution in [0.3, 0.4) is 0 Å². The minimum absolute atomic E-state index is 0.0340. The Morgan fingerprint density at radius 1 is 1.20 bits per heavy atom. The number of aliphatic hydroxyl groups is 2. The van der Waals surface area contributed by atoms with E-state index in [0.29, 0.717) is 42.7 Å². The summed E-state index contributed by atoms with van der Waals surface area (Å²) in [6, 6.07) is 0. The van der Waals surface area contributed by atoms with Gasteiger partial charge in [0.05, 0.1) is 24.5 Å². The van der Waals surface area contributed by atoms with Gasteiger partial charge in [-0.1, -0.05) is 74.9 Å². The van der Waals surface area contributed by atoms with Gasteiger partial charge in [-0.15, -0.1) is 0 Å². The molecule has 2 bridgehead atoms. The Labute approximate surface area is 274 Å². The first kappa shape index (κ1) is 34.8. The van der Waals surface area contributed by atoms with Crippen molar-refractivity contribution in [3.8, 4) is 0 Å². The van der Waals surface area contributed by atoms with Crippen molar-refractivity contribution in [3.63, 3.8) is 0 Å². The van der Waals surface area contributed by atoms with E-state index in [0.717, 1.165) is 17.7 Å². The Bertz CT molecular complexity index is 1340. The zero-order valence-electron chi connectivity index (χ0n) is 28.7. The first-order valence-corrected chi connectivity index (χ1v) is 16.8. The van der Waals surface area contributed by atoms with E-state index in [1.165, 1.54) is 5.57 Å². The van der Waals surface area contributed by atoms with Crippen molar-refractivity contribution >= 4 is 11.7 Å². The summed E-state index contributed by atoms with van der Waals surface area (Å²) < 4.78 is 26.0. The van der Waals surface area contributed by atoms with Crippen molar-refractivity contribution in [1.29, 1.82) is 0 Å². The van der Waals surface area contributed by atoms with Crippen molar-refractivity contribution in [2.75, 3.05) is 13.7 Å². The van der Waals surface area contributed by atoms with Gasteiger partial charge in [-0.3, -0.25) is 4.79 Å². The van der Waals surface area contributed by atoms with Gasteiger partial charge in [0.15, 0.2) is 5.79 Å². The molecule has 5 aliphatic rings. The first-order valence-electron chi connectivity index (χ1n) is 16.8. The summed E-state index contributed by atoms with van der Waals surface area (Å²) in [4.78, 5) is 19.4. The molecule has 3 saturated heterocycles. The Kier molecular flexibility index (Phi) is 10.5. The van der Waals surface area contributed by atoms with Crippen molar-refractivity contribution in [2.45, 2.75) is 122 Å². The van der Waals surface area contributed by atoms with Gasteiger partial charge >= 0.3 is 5.97 Å². The molecule has 9 nitrogen and oxygen atoms in total. The summed E-state index contributed by atoms with van der Waals surface area (Å²) in [6.07, 6.45) is 11.4. The van der Waals surface area contributed by atoms with Gasteiger partial charge in [0.25, 0.3) is 0 Å². The fraction of sp³-hybridized carbons (Fsp3) is 0.676. The highest BCUT2D eigenvalue weighted by Gasteiger charge is 2.60. The number of oxime groups is 1. The fourth-order valence-corrected chi connectivity index (χ4v) is 7.94. The summed E-state index contributed by atoms with van der Waals surface area (Å²) in [6.45, 7) is 14.6. The van der Waals surface area contributed by atoms with Crippen LogP contribution in [0.4, 0.5) is 0 Å². The number of esters is 1. The maximum absolute atomic E-state index is 14.2. The molecule has 10 unspecified atom stereocenters. The van der Waals surface area contributed by atoms with Crippen molar-refractivity contribution < 1.29 is 38.8 Å². The minimum atomic E-state index is -1.74. The molecule has 0 amide bonds. The largest absolute Gasteiger partial charge is 0.462 e. The van der Waals surface area contributed by atoms with Crippen LogP contribution in [0.15, 0.2) is 63.9 Å². The maximum Gasteiger partial charge on any atom is 0.316 e. The number of aliphatic hydroxyl groups excluding tert-OH is 1. The molecule has 0 aromatic rings. The number of carbonyl (C=O) groups excluding carboxylic acids is 1. The highest BCUT2D eigenvalue weighted by Crippen LogP contribution is 2.47. The van der Waals surface area contributed by atoms with Gasteiger partial charge in [-0.05, 0) is 62.2 Å². The number of carbonyl (C=O) groups is 1. The van der Waals surface area contributed by atoms with Gasteiger partial charge in [0.1, 0.15) is 36.9 Å². The topological polar surface area (TPSA) is 116 Å². The van der Waals surface area contributed by atoms with Gasteiger partial charge in [-0.2, -0.15) is 0 Å². The molecule has 2 N–H and O–H groups in total. The third-order valence-corrected chi connectivity index (χ3v) is 10.1. The molecule has 0 saturated carbocycles. The normalized spacial score (nSPS) is 44.5. The monoisotopic (exact) mass is 639 g/mol. The molecule has 0 aromatic heterocycles. The van der Waals surface area contributed by atoms with E-state index in [4.69, 9.17) is 23.8 Å². The SMILES string of the molecule is CO/N=C1/CC2(CC3CC(C/C=C(\C)CC(C)/C=C/C=C4\COC5C(O)C(C)=CC(C(=O)O3)C45O)O2)OC(/C(C)=C/C(C)C)C1C.